The average Bonchev–Trinajstić information content (AvgIpc) is 1.65. The molecule has 0 rings (SSSR count). The number of ether oxygens (including phenoxy) is 2. The highest BCUT2D eigenvalue weighted by molar-refractivity contribution is 7.47. The molecule has 0 aliphatic rings. The molecule has 0 heterocycles. The van der Waals surface area contributed by atoms with E-state index in [-0.39, 0.29) is 25.6 Å². The van der Waals surface area contributed by atoms with E-state index in [9.17, 15) is 19.0 Å². The van der Waals surface area contributed by atoms with Gasteiger partial charge in [0.1, 0.15) is 19.8 Å². The lowest BCUT2D eigenvalue weighted by molar-refractivity contribution is -0.870. The number of esters is 2. The standard InChI is InChI=1S/C84H154NO8P/c1-6-8-10-12-14-16-18-20-22-24-26-28-30-32-34-36-37-38-39-40-41-42-43-44-45-46-47-49-50-52-54-56-58-60-62-64-66-68-70-72-74-76-83(86)90-80-82(81-92-94(88,89)91-79-78-85(3,4)5)93-84(87)77-75-73-71-69-67-65-63-61-59-57-55-53-51-48-35-33-31-29-27-25-23-21-19-17-15-13-11-9-7-2/h9,11,15,17-18,20-21,23-24,26-27,29,33,35,82H,6-8,10,12-14,16,19,22,25,28,30-32,34,36-81H2,1-5H3/p+1/b11-9-,17-15-,20-18-,23-21-,26-24-,29-27-,35-33-. The Hall–Kier alpha value is -2.81. The largest absolute Gasteiger partial charge is 0.472 e. The fourth-order valence-corrected chi connectivity index (χ4v) is 12.5. The summed E-state index contributed by atoms with van der Waals surface area (Å²) in [5.74, 6) is -0.783. The average molecular weight is 1340 g/mol. The summed E-state index contributed by atoms with van der Waals surface area (Å²) in [6, 6.07) is 0. The van der Waals surface area contributed by atoms with Gasteiger partial charge in [0.15, 0.2) is 6.10 Å². The van der Waals surface area contributed by atoms with Gasteiger partial charge in [-0.05, 0) is 89.9 Å². The smallest absolute Gasteiger partial charge is 0.462 e. The fraction of sp³-hybridized carbons (Fsp3) is 0.810. The topological polar surface area (TPSA) is 108 Å². The van der Waals surface area contributed by atoms with Gasteiger partial charge in [-0.2, -0.15) is 0 Å². The lowest BCUT2D eigenvalue weighted by atomic mass is 10.0. The zero-order valence-corrected chi connectivity index (χ0v) is 63.6. The van der Waals surface area contributed by atoms with Crippen LogP contribution in [0.4, 0.5) is 0 Å². The Morgan fingerprint density at radius 2 is 0.606 bits per heavy atom. The van der Waals surface area contributed by atoms with Crippen molar-refractivity contribution in [1.82, 2.24) is 0 Å². The Labute approximate surface area is 583 Å². The summed E-state index contributed by atoms with van der Waals surface area (Å²) in [5, 5.41) is 0. The number of carbonyl (C=O) groups excluding carboxylic acids is 2. The highest BCUT2D eigenvalue weighted by Gasteiger charge is 2.27. The predicted octanol–water partition coefficient (Wildman–Crippen LogP) is 26.8. The molecule has 0 aliphatic carbocycles. The quantitative estimate of drug-likeness (QED) is 0.0211. The molecule has 9 nitrogen and oxygen atoms in total. The van der Waals surface area contributed by atoms with Crippen LogP contribution in [0.15, 0.2) is 85.1 Å². The third-order valence-corrected chi connectivity index (χ3v) is 18.9. The van der Waals surface area contributed by atoms with Gasteiger partial charge < -0.3 is 18.9 Å². The number of unbranched alkanes of at least 4 members (excludes halogenated alkanes) is 47. The molecule has 0 amide bonds. The molecule has 2 atom stereocenters. The highest BCUT2D eigenvalue weighted by Crippen LogP contribution is 2.43. The van der Waals surface area contributed by atoms with Gasteiger partial charge in [0.05, 0.1) is 27.7 Å². The number of phosphoric ester groups is 1. The van der Waals surface area contributed by atoms with Crippen LogP contribution in [0, 0.1) is 0 Å². The third-order valence-electron chi connectivity index (χ3n) is 17.9. The molecule has 2 unspecified atom stereocenters. The number of phosphoric acid groups is 1. The molecule has 0 aliphatic heterocycles. The van der Waals surface area contributed by atoms with Gasteiger partial charge in [-0.3, -0.25) is 18.6 Å². The van der Waals surface area contributed by atoms with Crippen LogP contribution in [-0.4, -0.2) is 74.9 Å². The van der Waals surface area contributed by atoms with E-state index in [1.807, 2.05) is 21.1 Å². The fourth-order valence-electron chi connectivity index (χ4n) is 11.8. The second-order valence-corrected chi connectivity index (χ2v) is 29.9. The zero-order chi connectivity index (χ0) is 68.3. The van der Waals surface area contributed by atoms with E-state index in [0.717, 1.165) is 77.0 Å². The number of hydrogen-bond donors (Lipinski definition) is 1. The van der Waals surface area contributed by atoms with E-state index in [4.69, 9.17) is 18.5 Å². The number of quaternary nitrogens is 1. The molecule has 0 aromatic rings. The van der Waals surface area contributed by atoms with Gasteiger partial charge in [-0.1, -0.05) is 369 Å². The summed E-state index contributed by atoms with van der Waals surface area (Å²) < 4.78 is 34.8. The van der Waals surface area contributed by atoms with Crippen molar-refractivity contribution in [3.05, 3.63) is 85.1 Å². The molecule has 548 valence electrons. The Kier molecular flexibility index (Phi) is 72.2. The first kappa shape index (κ1) is 91.2. The minimum Gasteiger partial charge on any atom is -0.462 e. The van der Waals surface area contributed by atoms with Crippen molar-refractivity contribution < 1.29 is 42.1 Å². The molecular weight excluding hydrogens is 1180 g/mol. The predicted molar refractivity (Wildman–Crippen MR) is 409 cm³/mol. The van der Waals surface area contributed by atoms with Crippen LogP contribution in [0.2, 0.25) is 0 Å². The Morgan fingerprint density at radius 3 is 0.904 bits per heavy atom. The minimum atomic E-state index is -4.40. The number of rotatable bonds is 75. The van der Waals surface area contributed by atoms with Crippen molar-refractivity contribution in [3.63, 3.8) is 0 Å². The van der Waals surface area contributed by atoms with Crippen molar-refractivity contribution in [3.8, 4) is 0 Å². The number of nitrogens with zero attached hydrogens (tertiary/aromatic N) is 1. The third kappa shape index (κ3) is 78.2. The van der Waals surface area contributed by atoms with Crippen LogP contribution in [0.1, 0.15) is 386 Å². The Morgan fingerprint density at radius 1 is 0.340 bits per heavy atom. The van der Waals surface area contributed by atoms with Gasteiger partial charge >= 0.3 is 19.8 Å². The van der Waals surface area contributed by atoms with Crippen molar-refractivity contribution in [2.24, 2.45) is 0 Å². The Balaban J connectivity index is 3.90. The van der Waals surface area contributed by atoms with Crippen LogP contribution < -0.4 is 0 Å². The maximum Gasteiger partial charge on any atom is 0.472 e. The van der Waals surface area contributed by atoms with Gasteiger partial charge in [0.2, 0.25) is 0 Å². The van der Waals surface area contributed by atoms with Crippen molar-refractivity contribution >= 4 is 19.8 Å². The number of carbonyl (C=O) groups is 2. The summed E-state index contributed by atoms with van der Waals surface area (Å²) in [6.45, 7) is 4.36. The second kappa shape index (κ2) is 74.4. The molecule has 0 radical (unpaired) electrons. The number of hydrogen-bond acceptors (Lipinski definition) is 7. The van der Waals surface area contributed by atoms with E-state index in [0.29, 0.717) is 23.9 Å². The normalized spacial score (nSPS) is 13.5. The van der Waals surface area contributed by atoms with Crippen LogP contribution in [0.25, 0.3) is 0 Å². The van der Waals surface area contributed by atoms with Gasteiger partial charge in [-0.15, -0.1) is 0 Å². The molecular formula is C84H155NO8P+. The van der Waals surface area contributed by atoms with E-state index < -0.39 is 26.5 Å². The zero-order valence-electron chi connectivity index (χ0n) is 62.7. The van der Waals surface area contributed by atoms with Gasteiger partial charge in [0.25, 0.3) is 0 Å². The molecule has 0 aromatic carbocycles. The maximum atomic E-state index is 12.9. The van der Waals surface area contributed by atoms with Gasteiger partial charge in [0, 0.05) is 12.8 Å². The first-order valence-corrected chi connectivity index (χ1v) is 41.8. The summed E-state index contributed by atoms with van der Waals surface area (Å²) in [4.78, 5) is 36.0. The second-order valence-electron chi connectivity index (χ2n) is 28.4. The first-order chi connectivity index (χ1) is 46.0. The van der Waals surface area contributed by atoms with E-state index in [1.54, 1.807) is 0 Å². The number of likely N-dealkylation sites (N-methyl/N-ethyl adjacent to an activating group) is 1. The van der Waals surface area contributed by atoms with Crippen LogP contribution >= 0.6 is 7.82 Å². The van der Waals surface area contributed by atoms with E-state index in [1.165, 1.54) is 276 Å². The van der Waals surface area contributed by atoms with E-state index >= 15 is 0 Å². The summed E-state index contributed by atoms with van der Waals surface area (Å²) in [5.41, 5.74) is 0. The van der Waals surface area contributed by atoms with Crippen molar-refractivity contribution in [2.75, 3.05) is 47.5 Å². The van der Waals surface area contributed by atoms with Crippen LogP contribution in [0.3, 0.4) is 0 Å². The van der Waals surface area contributed by atoms with Crippen LogP contribution in [-0.2, 0) is 32.7 Å². The minimum absolute atomic E-state index is 0.0311. The lowest BCUT2D eigenvalue weighted by Crippen LogP contribution is -2.37. The van der Waals surface area contributed by atoms with Crippen LogP contribution in [0.5, 0.6) is 0 Å². The Bertz CT molecular complexity index is 1860. The maximum absolute atomic E-state index is 12.9. The summed E-state index contributed by atoms with van der Waals surface area (Å²) >= 11 is 0. The molecule has 0 aromatic heterocycles. The summed E-state index contributed by atoms with van der Waals surface area (Å²) in [6.07, 6.45) is 103. The monoisotopic (exact) mass is 1340 g/mol. The first-order valence-electron chi connectivity index (χ1n) is 40.3. The SMILES string of the molecule is CC/C=C\C/C=C\C/C=C\C/C=C\C/C=C\CCCCCCCCCCCCCCCC(=O)OC(COC(=O)CCCCCCCCCCCCCCCCCCCCCCCCCCCCCCC/C=C\C/C=C\CCCCCCC)COP(=O)(O)OCC[N+](C)(C)C. The molecule has 0 spiro atoms. The highest BCUT2D eigenvalue weighted by atomic mass is 31.2. The molecule has 10 heteroatoms. The lowest BCUT2D eigenvalue weighted by Gasteiger charge is -2.24. The molecule has 0 saturated carbocycles. The molecule has 0 saturated heterocycles. The molecule has 0 bridgehead atoms. The van der Waals surface area contributed by atoms with Crippen molar-refractivity contribution in [1.29, 1.82) is 0 Å². The van der Waals surface area contributed by atoms with E-state index in [2.05, 4.69) is 98.9 Å². The number of allylic oxidation sites excluding steroid dienone is 14. The molecule has 1 N–H and O–H groups in total. The molecule has 94 heavy (non-hydrogen) atoms. The molecule has 0 fully saturated rings. The van der Waals surface area contributed by atoms with Crippen molar-refractivity contribution in [2.45, 2.75) is 392 Å². The van der Waals surface area contributed by atoms with Gasteiger partial charge in [-0.25, -0.2) is 4.57 Å². The summed E-state index contributed by atoms with van der Waals surface area (Å²) in [7, 11) is 1.49.